The normalized spacial score (nSPS) is 22.3. The molecule has 1 aromatic rings. The van der Waals surface area contributed by atoms with E-state index in [1.807, 2.05) is 0 Å². The summed E-state index contributed by atoms with van der Waals surface area (Å²) in [5, 5.41) is 12.7. The van der Waals surface area contributed by atoms with Gasteiger partial charge in [0, 0.05) is 13.0 Å². The lowest BCUT2D eigenvalue weighted by Gasteiger charge is -2.26. The molecule has 3 rings (SSSR count). The molecule has 2 aliphatic rings. The van der Waals surface area contributed by atoms with E-state index in [-0.39, 0.29) is 22.9 Å². The molecule has 0 saturated heterocycles. The molecule has 2 aliphatic heterocycles. The van der Waals surface area contributed by atoms with Crippen LogP contribution in [0.5, 0.6) is 17.2 Å². The summed E-state index contributed by atoms with van der Waals surface area (Å²) in [5.74, 6) is -4.74. The van der Waals surface area contributed by atoms with E-state index < -0.39 is 48.0 Å². The molecule has 0 fully saturated rings. The predicted octanol–water partition coefficient (Wildman–Crippen LogP) is -0.518. The van der Waals surface area contributed by atoms with Crippen molar-refractivity contribution in [1.82, 2.24) is 0 Å². The Hall–Kier alpha value is -3.14. The summed E-state index contributed by atoms with van der Waals surface area (Å²) in [6.45, 7) is 1.20. The van der Waals surface area contributed by atoms with Crippen molar-refractivity contribution in [3.05, 3.63) is 6.07 Å². The number of carbonyl (C=O) groups excluding carboxylic acids is 4. The lowest BCUT2D eigenvalue weighted by molar-refractivity contribution is -0.168. The van der Waals surface area contributed by atoms with Crippen molar-refractivity contribution in [2.24, 2.45) is 0 Å². The van der Waals surface area contributed by atoms with E-state index in [9.17, 15) is 24.3 Å². The van der Waals surface area contributed by atoms with Crippen LogP contribution in [0.3, 0.4) is 0 Å². The standard InChI is InChI=1S/C14H12N2O8/c1-5(17)16-6-2-7-10(15)12-11(6)23-9(19)4-14(21,13(20)24-12)3-8(18)22-7/h2,21H,3-4,15H2,1H3,(H,16,17). The average Bonchev–Trinajstić information content (AvgIpc) is 2.46. The van der Waals surface area contributed by atoms with Gasteiger partial charge < -0.3 is 30.4 Å². The zero-order valence-corrected chi connectivity index (χ0v) is 12.4. The van der Waals surface area contributed by atoms with Crippen molar-refractivity contribution >= 4 is 35.2 Å². The number of hydrogen-bond donors (Lipinski definition) is 3. The fourth-order valence-corrected chi connectivity index (χ4v) is 2.38. The van der Waals surface area contributed by atoms with Gasteiger partial charge >= 0.3 is 17.9 Å². The number of aliphatic hydroxyl groups is 1. The van der Waals surface area contributed by atoms with Gasteiger partial charge in [-0.2, -0.15) is 0 Å². The maximum atomic E-state index is 12.2. The van der Waals surface area contributed by atoms with Crippen LogP contribution in [0.15, 0.2) is 6.07 Å². The minimum atomic E-state index is -2.45. The highest BCUT2D eigenvalue weighted by atomic mass is 16.6. The number of nitrogen functional groups attached to an aromatic ring is 1. The molecule has 24 heavy (non-hydrogen) atoms. The second kappa shape index (κ2) is 5.20. The molecule has 1 atom stereocenters. The maximum absolute atomic E-state index is 12.2. The fourth-order valence-electron chi connectivity index (χ4n) is 2.38. The van der Waals surface area contributed by atoms with E-state index in [0.717, 1.165) is 6.07 Å². The topological polar surface area (TPSA) is 154 Å². The van der Waals surface area contributed by atoms with Gasteiger partial charge in [-0.1, -0.05) is 0 Å². The van der Waals surface area contributed by atoms with Gasteiger partial charge in [0.25, 0.3) is 0 Å². The van der Waals surface area contributed by atoms with E-state index in [0.29, 0.717) is 0 Å². The lowest BCUT2D eigenvalue weighted by atomic mass is 9.95. The van der Waals surface area contributed by atoms with Crippen LogP contribution in [-0.2, 0) is 19.2 Å². The largest absolute Gasteiger partial charge is 0.424 e. The molecule has 1 aromatic carbocycles. The summed E-state index contributed by atoms with van der Waals surface area (Å²) in [6, 6.07) is 1.16. The maximum Gasteiger partial charge on any atom is 0.344 e. The number of nitrogens with one attached hydrogen (secondary N) is 1. The Labute approximate surface area is 134 Å². The Morgan fingerprint density at radius 3 is 2.42 bits per heavy atom. The number of esters is 3. The predicted molar refractivity (Wildman–Crippen MR) is 76.2 cm³/mol. The van der Waals surface area contributed by atoms with Gasteiger partial charge in [-0.05, 0) is 0 Å². The Kier molecular flexibility index (Phi) is 3.41. The third-order valence-corrected chi connectivity index (χ3v) is 3.44. The summed E-state index contributed by atoms with van der Waals surface area (Å²) in [4.78, 5) is 47.5. The molecule has 0 aliphatic carbocycles. The molecule has 10 heteroatoms. The SMILES string of the molecule is CC(=O)Nc1cc2c(N)c3c1OC(=O)CC(O)(CC(=O)O2)C(=O)O3. The minimum Gasteiger partial charge on any atom is -0.424 e. The number of amides is 1. The number of benzene rings is 1. The zero-order chi connectivity index (χ0) is 17.6. The van der Waals surface area contributed by atoms with Gasteiger partial charge in [0.1, 0.15) is 5.69 Å². The van der Waals surface area contributed by atoms with Crippen molar-refractivity contribution in [2.45, 2.75) is 25.4 Å². The van der Waals surface area contributed by atoms with E-state index in [4.69, 9.17) is 19.9 Å². The smallest absolute Gasteiger partial charge is 0.344 e. The van der Waals surface area contributed by atoms with Gasteiger partial charge in [-0.15, -0.1) is 0 Å². The zero-order valence-electron chi connectivity index (χ0n) is 12.4. The molecular formula is C14H12N2O8. The van der Waals surface area contributed by atoms with Gasteiger partial charge in [-0.3, -0.25) is 14.4 Å². The molecule has 4 N–H and O–H groups in total. The summed E-state index contributed by atoms with van der Waals surface area (Å²) >= 11 is 0. The van der Waals surface area contributed by atoms with E-state index in [1.54, 1.807) is 0 Å². The molecule has 0 radical (unpaired) electrons. The van der Waals surface area contributed by atoms with Crippen LogP contribution in [0, 0.1) is 0 Å². The van der Waals surface area contributed by atoms with Crippen LogP contribution in [0.25, 0.3) is 0 Å². The van der Waals surface area contributed by atoms with Gasteiger partial charge in [-0.25, -0.2) is 4.79 Å². The number of ether oxygens (including phenoxy) is 3. The number of carbonyl (C=O) groups is 4. The third kappa shape index (κ3) is 2.52. The third-order valence-electron chi connectivity index (χ3n) is 3.44. The number of nitrogens with two attached hydrogens (primary N) is 1. The molecule has 1 amide bonds. The summed E-state index contributed by atoms with van der Waals surface area (Å²) in [5.41, 5.74) is 2.98. The first-order valence-corrected chi connectivity index (χ1v) is 6.80. The molecular weight excluding hydrogens is 324 g/mol. The van der Waals surface area contributed by atoms with Crippen molar-refractivity contribution in [2.75, 3.05) is 11.1 Å². The molecule has 3 bridgehead atoms. The van der Waals surface area contributed by atoms with Crippen LogP contribution in [0.4, 0.5) is 11.4 Å². The van der Waals surface area contributed by atoms with Crippen LogP contribution >= 0.6 is 0 Å². The Bertz CT molecular complexity index is 802. The summed E-state index contributed by atoms with van der Waals surface area (Å²) < 4.78 is 15.1. The van der Waals surface area contributed by atoms with E-state index in [1.165, 1.54) is 6.92 Å². The van der Waals surface area contributed by atoms with Gasteiger partial charge in [0.2, 0.25) is 11.7 Å². The number of hydrogen-bond acceptors (Lipinski definition) is 9. The van der Waals surface area contributed by atoms with Gasteiger partial charge in [0.05, 0.1) is 18.5 Å². The Morgan fingerprint density at radius 1 is 1.17 bits per heavy atom. The highest BCUT2D eigenvalue weighted by Crippen LogP contribution is 2.48. The lowest BCUT2D eigenvalue weighted by Crippen LogP contribution is -2.47. The molecule has 126 valence electrons. The highest BCUT2D eigenvalue weighted by Gasteiger charge is 2.47. The van der Waals surface area contributed by atoms with Crippen LogP contribution in [-0.4, -0.2) is 34.5 Å². The van der Waals surface area contributed by atoms with Crippen molar-refractivity contribution in [1.29, 1.82) is 0 Å². The molecule has 1 unspecified atom stereocenters. The first-order valence-electron chi connectivity index (χ1n) is 6.80. The summed E-state index contributed by atoms with van der Waals surface area (Å²) in [6.07, 6.45) is -1.66. The monoisotopic (exact) mass is 336 g/mol. The number of fused-ring (bicyclic) bond motifs is 3. The summed E-state index contributed by atoms with van der Waals surface area (Å²) in [7, 11) is 0. The molecule has 10 nitrogen and oxygen atoms in total. The molecule has 0 spiro atoms. The van der Waals surface area contributed by atoms with Crippen molar-refractivity contribution < 1.29 is 38.5 Å². The van der Waals surface area contributed by atoms with E-state index in [2.05, 4.69) is 5.32 Å². The second-order valence-electron chi connectivity index (χ2n) is 5.40. The average molecular weight is 336 g/mol. The highest BCUT2D eigenvalue weighted by molar-refractivity contribution is 6.00. The fraction of sp³-hybridized carbons (Fsp3) is 0.286. The van der Waals surface area contributed by atoms with E-state index >= 15 is 0 Å². The number of anilines is 2. The first kappa shape index (κ1) is 15.7. The minimum absolute atomic E-state index is 0.0806. The number of rotatable bonds is 1. The quantitative estimate of drug-likeness (QED) is 0.349. The van der Waals surface area contributed by atoms with Crippen LogP contribution in [0.1, 0.15) is 19.8 Å². The molecule has 0 aromatic heterocycles. The molecule has 0 saturated carbocycles. The first-order chi connectivity index (χ1) is 11.2. The Balaban J connectivity index is 2.30. The van der Waals surface area contributed by atoms with Crippen molar-refractivity contribution in [3.8, 4) is 17.2 Å². The molecule has 2 heterocycles. The Morgan fingerprint density at radius 2 is 1.79 bits per heavy atom. The van der Waals surface area contributed by atoms with Crippen molar-refractivity contribution in [3.63, 3.8) is 0 Å². The van der Waals surface area contributed by atoms with Crippen LogP contribution in [0.2, 0.25) is 0 Å². The second-order valence-corrected chi connectivity index (χ2v) is 5.40. The van der Waals surface area contributed by atoms with Crippen LogP contribution < -0.4 is 25.3 Å². The van der Waals surface area contributed by atoms with Gasteiger partial charge in [0.15, 0.2) is 17.1 Å².